The van der Waals surface area contributed by atoms with Gasteiger partial charge < -0.3 is 10.2 Å². The van der Waals surface area contributed by atoms with Crippen LogP contribution >= 0.6 is 0 Å². The normalized spacial score (nSPS) is 27.1. The monoisotopic (exact) mass is 336 g/mol. The fourth-order valence-electron chi connectivity index (χ4n) is 3.38. The van der Waals surface area contributed by atoms with E-state index < -0.39 is 22.8 Å². The number of carboxylic acids is 2. The zero-order valence-electron chi connectivity index (χ0n) is 15.3. The zero-order chi connectivity index (χ0) is 18.2. The van der Waals surface area contributed by atoms with Gasteiger partial charge >= 0.3 is 11.9 Å². The summed E-state index contributed by atoms with van der Waals surface area (Å²) < 4.78 is 0. The average Bonchev–Trinajstić information content (AvgIpc) is 2.57. The van der Waals surface area contributed by atoms with Gasteiger partial charge in [-0.05, 0) is 18.8 Å². The molecule has 1 unspecified atom stereocenters. The van der Waals surface area contributed by atoms with Crippen LogP contribution in [0.5, 0.6) is 0 Å². The Balaban J connectivity index is 3.02. The lowest BCUT2D eigenvalue weighted by Gasteiger charge is -2.34. The number of aliphatic carboxylic acids is 2. The summed E-state index contributed by atoms with van der Waals surface area (Å²) in [6.07, 6.45) is 13.4. The van der Waals surface area contributed by atoms with Gasteiger partial charge in [-0.1, -0.05) is 83.6 Å². The van der Waals surface area contributed by atoms with E-state index in [1.807, 2.05) is 6.92 Å². The van der Waals surface area contributed by atoms with E-state index in [9.17, 15) is 19.8 Å². The largest absolute Gasteiger partial charge is 0.480 e. The first-order chi connectivity index (χ1) is 11.4. The second kappa shape index (κ2) is 9.05. The molecule has 0 aromatic heterocycles. The SMILES string of the molecule is CCCCC(CC)CC1(C(=O)O)C=CC(CCCC)(C(=O)O)C=C1. The molecule has 0 radical (unpaired) electrons. The highest BCUT2D eigenvalue weighted by atomic mass is 16.4. The number of carboxylic acid groups (broad SMARTS) is 2. The van der Waals surface area contributed by atoms with Crippen molar-refractivity contribution in [3.63, 3.8) is 0 Å². The van der Waals surface area contributed by atoms with Gasteiger partial charge in [0.1, 0.15) is 10.8 Å². The predicted octanol–water partition coefficient (Wildman–Crippen LogP) is 5.05. The van der Waals surface area contributed by atoms with Crippen molar-refractivity contribution in [1.82, 2.24) is 0 Å². The smallest absolute Gasteiger partial charge is 0.317 e. The third kappa shape index (κ3) is 4.71. The highest BCUT2D eigenvalue weighted by molar-refractivity contribution is 5.84. The Kier molecular flexibility index (Phi) is 7.71. The Labute approximate surface area is 145 Å². The van der Waals surface area contributed by atoms with Gasteiger partial charge in [-0.25, -0.2) is 0 Å². The molecule has 1 aliphatic rings. The molecule has 0 spiro atoms. The molecule has 24 heavy (non-hydrogen) atoms. The molecular formula is C20H32O4. The second-order valence-electron chi connectivity index (χ2n) is 7.08. The van der Waals surface area contributed by atoms with E-state index >= 15 is 0 Å². The third-order valence-corrected chi connectivity index (χ3v) is 5.27. The quantitative estimate of drug-likeness (QED) is 0.518. The summed E-state index contributed by atoms with van der Waals surface area (Å²) in [5.74, 6) is -1.46. The van der Waals surface area contributed by atoms with Gasteiger partial charge in [0.15, 0.2) is 0 Å². The minimum absolute atomic E-state index is 0.336. The van der Waals surface area contributed by atoms with E-state index in [0.717, 1.165) is 38.5 Å². The molecule has 0 amide bonds. The van der Waals surface area contributed by atoms with Crippen LogP contribution in [0.1, 0.15) is 72.1 Å². The van der Waals surface area contributed by atoms with Crippen LogP contribution in [-0.2, 0) is 9.59 Å². The van der Waals surface area contributed by atoms with Crippen molar-refractivity contribution in [2.75, 3.05) is 0 Å². The molecule has 0 fully saturated rings. The Morgan fingerprint density at radius 3 is 1.79 bits per heavy atom. The molecule has 1 rings (SSSR count). The first-order valence-corrected chi connectivity index (χ1v) is 9.23. The Morgan fingerprint density at radius 2 is 1.38 bits per heavy atom. The van der Waals surface area contributed by atoms with E-state index in [0.29, 0.717) is 18.8 Å². The van der Waals surface area contributed by atoms with Gasteiger partial charge in [0.05, 0.1) is 0 Å². The molecule has 0 bridgehead atoms. The van der Waals surface area contributed by atoms with Gasteiger partial charge in [0.2, 0.25) is 0 Å². The van der Waals surface area contributed by atoms with Crippen molar-refractivity contribution in [2.24, 2.45) is 16.7 Å². The highest BCUT2D eigenvalue weighted by Gasteiger charge is 2.43. The minimum atomic E-state index is -1.07. The molecule has 0 aromatic rings. The summed E-state index contributed by atoms with van der Waals surface area (Å²) in [5, 5.41) is 19.4. The lowest BCUT2D eigenvalue weighted by Crippen LogP contribution is -2.36. The van der Waals surface area contributed by atoms with E-state index in [2.05, 4.69) is 13.8 Å². The van der Waals surface area contributed by atoms with Crippen LogP contribution in [0.3, 0.4) is 0 Å². The maximum absolute atomic E-state index is 11.9. The molecule has 2 N–H and O–H groups in total. The second-order valence-corrected chi connectivity index (χ2v) is 7.08. The topological polar surface area (TPSA) is 74.6 Å². The van der Waals surface area contributed by atoms with E-state index in [4.69, 9.17) is 0 Å². The lowest BCUT2D eigenvalue weighted by molar-refractivity contribution is -0.147. The molecule has 0 saturated heterocycles. The molecular weight excluding hydrogens is 304 g/mol. The molecule has 0 saturated carbocycles. The van der Waals surface area contributed by atoms with Crippen molar-refractivity contribution in [1.29, 1.82) is 0 Å². The summed E-state index contributed by atoms with van der Waals surface area (Å²) in [6, 6.07) is 0. The van der Waals surface area contributed by atoms with Gasteiger partial charge in [0, 0.05) is 0 Å². The molecule has 1 atom stereocenters. The lowest BCUT2D eigenvalue weighted by atomic mass is 9.68. The standard InChI is InChI=1S/C20H32O4/c1-4-7-9-16(6-3)15-20(18(23)24)13-11-19(12-14-20,17(21)22)10-8-5-2/h11-14,16H,4-10,15H2,1-3H3,(H,21,22)(H,23,24). The molecule has 4 heteroatoms. The van der Waals surface area contributed by atoms with Crippen molar-refractivity contribution in [2.45, 2.75) is 72.1 Å². The number of carbonyl (C=O) groups is 2. The summed E-state index contributed by atoms with van der Waals surface area (Å²) in [4.78, 5) is 23.7. The van der Waals surface area contributed by atoms with Crippen LogP contribution in [0.2, 0.25) is 0 Å². The van der Waals surface area contributed by atoms with Crippen molar-refractivity contribution in [3.8, 4) is 0 Å². The van der Waals surface area contributed by atoms with Crippen molar-refractivity contribution < 1.29 is 19.8 Å². The summed E-state index contributed by atoms with van der Waals surface area (Å²) >= 11 is 0. The number of unbranched alkanes of at least 4 members (excludes halogenated alkanes) is 2. The maximum atomic E-state index is 11.9. The van der Waals surface area contributed by atoms with Crippen molar-refractivity contribution in [3.05, 3.63) is 24.3 Å². The Morgan fingerprint density at radius 1 is 0.875 bits per heavy atom. The third-order valence-electron chi connectivity index (χ3n) is 5.27. The van der Waals surface area contributed by atoms with Gasteiger partial charge in [-0.15, -0.1) is 0 Å². The molecule has 0 aromatic carbocycles. The molecule has 1 aliphatic carbocycles. The first kappa shape index (κ1) is 20.5. The number of hydrogen-bond donors (Lipinski definition) is 2. The molecule has 0 heterocycles. The van der Waals surface area contributed by atoms with Crippen LogP contribution in [0.15, 0.2) is 24.3 Å². The minimum Gasteiger partial charge on any atom is -0.480 e. The average molecular weight is 336 g/mol. The van der Waals surface area contributed by atoms with Crippen LogP contribution in [0, 0.1) is 16.7 Å². The Hall–Kier alpha value is -1.58. The fourth-order valence-corrected chi connectivity index (χ4v) is 3.38. The van der Waals surface area contributed by atoms with E-state index in [1.165, 1.54) is 0 Å². The fraction of sp³-hybridized carbons (Fsp3) is 0.700. The summed E-state index contributed by atoms with van der Waals surface area (Å²) in [6.45, 7) is 6.25. The number of rotatable bonds is 11. The maximum Gasteiger partial charge on any atom is 0.317 e. The summed E-state index contributed by atoms with van der Waals surface area (Å²) in [7, 11) is 0. The van der Waals surface area contributed by atoms with E-state index in [-0.39, 0.29) is 0 Å². The highest BCUT2D eigenvalue weighted by Crippen LogP contribution is 2.42. The molecule has 4 nitrogen and oxygen atoms in total. The number of hydrogen-bond acceptors (Lipinski definition) is 2. The van der Waals surface area contributed by atoms with E-state index in [1.54, 1.807) is 24.3 Å². The van der Waals surface area contributed by atoms with Gasteiger partial charge in [-0.3, -0.25) is 9.59 Å². The van der Waals surface area contributed by atoms with Crippen molar-refractivity contribution >= 4 is 11.9 Å². The van der Waals surface area contributed by atoms with Crippen LogP contribution in [0.25, 0.3) is 0 Å². The van der Waals surface area contributed by atoms with Crippen LogP contribution in [-0.4, -0.2) is 22.2 Å². The van der Waals surface area contributed by atoms with Crippen LogP contribution < -0.4 is 0 Å². The molecule has 136 valence electrons. The first-order valence-electron chi connectivity index (χ1n) is 9.23. The molecule has 0 aliphatic heterocycles. The summed E-state index contributed by atoms with van der Waals surface area (Å²) in [5.41, 5.74) is -2.13. The van der Waals surface area contributed by atoms with Gasteiger partial charge in [-0.2, -0.15) is 0 Å². The van der Waals surface area contributed by atoms with Crippen LogP contribution in [0.4, 0.5) is 0 Å². The predicted molar refractivity (Wildman–Crippen MR) is 95.9 cm³/mol. The zero-order valence-corrected chi connectivity index (χ0v) is 15.3. The van der Waals surface area contributed by atoms with Gasteiger partial charge in [0.25, 0.3) is 0 Å². The Bertz CT molecular complexity index is 476.